The van der Waals surface area contributed by atoms with Crippen molar-refractivity contribution in [3.05, 3.63) is 29.6 Å². The Labute approximate surface area is 95.3 Å². The monoisotopic (exact) mass is 221 g/mol. The molecule has 0 bridgehead atoms. The van der Waals surface area contributed by atoms with E-state index < -0.39 is 0 Å². The summed E-state index contributed by atoms with van der Waals surface area (Å²) in [6.07, 6.45) is 0.938. The summed E-state index contributed by atoms with van der Waals surface area (Å²) in [5.74, 6) is -0.373. The van der Waals surface area contributed by atoms with Gasteiger partial charge in [0.05, 0.1) is 17.3 Å². The third-order valence-electron chi connectivity index (χ3n) is 2.19. The van der Waals surface area contributed by atoms with Crippen molar-refractivity contribution in [2.75, 3.05) is 25.0 Å². The summed E-state index contributed by atoms with van der Waals surface area (Å²) < 4.78 is 13.4. The number of hydrogen-bond acceptors (Lipinski definition) is 3. The Morgan fingerprint density at radius 1 is 1.38 bits per heavy atom. The van der Waals surface area contributed by atoms with Gasteiger partial charge in [0, 0.05) is 6.54 Å². The fourth-order valence-electron chi connectivity index (χ4n) is 1.34. The van der Waals surface area contributed by atoms with Gasteiger partial charge in [-0.3, -0.25) is 0 Å². The van der Waals surface area contributed by atoms with Crippen LogP contribution in [-0.4, -0.2) is 19.6 Å². The second-order valence-corrected chi connectivity index (χ2v) is 3.44. The minimum atomic E-state index is -0.373. The Morgan fingerprint density at radius 3 is 2.81 bits per heavy atom. The van der Waals surface area contributed by atoms with E-state index in [9.17, 15) is 4.39 Å². The lowest BCUT2D eigenvalue weighted by molar-refractivity contribution is 0.627. The van der Waals surface area contributed by atoms with Crippen LogP contribution in [0.1, 0.15) is 18.9 Å². The molecule has 1 rings (SSSR count). The molecular weight excluding hydrogens is 205 g/mol. The van der Waals surface area contributed by atoms with Crippen LogP contribution in [0.3, 0.4) is 0 Å². The quantitative estimate of drug-likeness (QED) is 0.723. The van der Waals surface area contributed by atoms with Gasteiger partial charge in [-0.2, -0.15) is 5.26 Å². The van der Waals surface area contributed by atoms with Gasteiger partial charge in [0.2, 0.25) is 0 Å². The molecule has 0 aliphatic rings. The largest absolute Gasteiger partial charge is 0.383 e. The van der Waals surface area contributed by atoms with Gasteiger partial charge >= 0.3 is 0 Å². The van der Waals surface area contributed by atoms with Crippen molar-refractivity contribution in [3.63, 3.8) is 0 Å². The Hall–Kier alpha value is -1.60. The van der Waals surface area contributed by atoms with Gasteiger partial charge in [0.25, 0.3) is 0 Å². The Balaban J connectivity index is 2.40. The SMILES string of the molecule is CCNCCCNc1ccc(C#N)cc1F. The first-order chi connectivity index (χ1) is 7.77. The van der Waals surface area contributed by atoms with Crippen molar-refractivity contribution in [3.8, 4) is 6.07 Å². The van der Waals surface area contributed by atoms with Crippen LogP contribution in [0.25, 0.3) is 0 Å². The van der Waals surface area contributed by atoms with Crippen molar-refractivity contribution >= 4 is 5.69 Å². The molecule has 16 heavy (non-hydrogen) atoms. The predicted octanol–water partition coefficient (Wildman–Crippen LogP) is 2.11. The van der Waals surface area contributed by atoms with E-state index in [-0.39, 0.29) is 5.82 Å². The lowest BCUT2D eigenvalue weighted by atomic mass is 10.2. The molecule has 2 N–H and O–H groups in total. The normalized spacial score (nSPS) is 9.81. The number of hydrogen-bond donors (Lipinski definition) is 2. The summed E-state index contributed by atoms with van der Waals surface area (Å²) in [6, 6.07) is 6.35. The highest BCUT2D eigenvalue weighted by Crippen LogP contribution is 2.14. The van der Waals surface area contributed by atoms with E-state index in [1.807, 2.05) is 13.0 Å². The maximum atomic E-state index is 13.4. The van der Waals surface area contributed by atoms with Crippen LogP contribution < -0.4 is 10.6 Å². The van der Waals surface area contributed by atoms with Crippen molar-refractivity contribution in [1.29, 1.82) is 5.26 Å². The Kier molecular flexibility index (Phi) is 5.30. The molecule has 0 fully saturated rings. The standard InChI is InChI=1S/C12H16FN3/c1-2-15-6-3-7-16-12-5-4-10(9-14)8-11(12)13/h4-5,8,15-16H,2-3,6-7H2,1H3. The molecule has 0 unspecified atom stereocenters. The van der Waals surface area contributed by atoms with Crippen molar-refractivity contribution in [2.24, 2.45) is 0 Å². The van der Waals surface area contributed by atoms with Gasteiger partial charge in [0.15, 0.2) is 0 Å². The van der Waals surface area contributed by atoms with Crippen molar-refractivity contribution in [2.45, 2.75) is 13.3 Å². The first kappa shape index (κ1) is 12.5. The molecule has 0 aliphatic heterocycles. The molecule has 3 nitrogen and oxygen atoms in total. The molecule has 0 heterocycles. The molecule has 1 aromatic carbocycles. The van der Waals surface area contributed by atoms with E-state index in [2.05, 4.69) is 10.6 Å². The van der Waals surface area contributed by atoms with Gasteiger partial charge in [-0.15, -0.1) is 0 Å². The van der Waals surface area contributed by atoms with Crippen LogP contribution in [0.4, 0.5) is 10.1 Å². The van der Waals surface area contributed by atoms with E-state index in [1.54, 1.807) is 12.1 Å². The van der Waals surface area contributed by atoms with E-state index in [1.165, 1.54) is 6.07 Å². The van der Waals surface area contributed by atoms with E-state index in [4.69, 9.17) is 5.26 Å². The van der Waals surface area contributed by atoms with E-state index in [0.717, 1.165) is 26.1 Å². The zero-order chi connectivity index (χ0) is 11.8. The van der Waals surface area contributed by atoms with Gasteiger partial charge < -0.3 is 10.6 Å². The molecule has 0 saturated heterocycles. The average molecular weight is 221 g/mol. The molecule has 0 saturated carbocycles. The molecule has 1 aromatic rings. The third kappa shape index (κ3) is 3.87. The summed E-state index contributed by atoms with van der Waals surface area (Å²) in [5.41, 5.74) is 0.797. The molecule has 0 spiro atoms. The van der Waals surface area contributed by atoms with Crippen LogP contribution in [0.2, 0.25) is 0 Å². The number of nitrogens with zero attached hydrogens (tertiary/aromatic N) is 1. The minimum absolute atomic E-state index is 0.343. The van der Waals surface area contributed by atoms with E-state index in [0.29, 0.717) is 11.3 Å². The first-order valence-electron chi connectivity index (χ1n) is 5.42. The van der Waals surface area contributed by atoms with Gasteiger partial charge in [-0.1, -0.05) is 6.92 Å². The number of rotatable bonds is 6. The zero-order valence-corrected chi connectivity index (χ0v) is 9.39. The number of benzene rings is 1. The molecule has 0 radical (unpaired) electrons. The fourth-order valence-corrected chi connectivity index (χ4v) is 1.34. The maximum Gasteiger partial charge on any atom is 0.147 e. The molecule has 0 amide bonds. The van der Waals surface area contributed by atoms with Crippen LogP contribution in [0.15, 0.2) is 18.2 Å². The lowest BCUT2D eigenvalue weighted by Gasteiger charge is -2.07. The third-order valence-corrected chi connectivity index (χ3v) is 2.19. The van der Waals surface area contributed by atoms with Crippen LogP contribution >= 0.6 is 0 Å². The summed E-state index contributed by atoms with van der Waals surface area (Å²) >= 11 is 0. The second-order valence-electron chi connectivity index (χ2n) is 3.44. The smallest absolute Gasteiger partial charge is 0.147 e. The zero-order valence-electron chi connectivity index (χ0n) is 9.39. The van der Waals surface area contributed by atoms with E-state index >= 15 is 0 Å². The van der Waals surface area contributed by atoms with Crippen LogP contribution in [-0.2, 0) is 0 Å². The molecule has 0 aromatic heterocycles. The highest BCUT2D eigenvalue weighted by molar-refractivity contribution is 5.48. The highest BCUT2D eigenvalue weighted by Gasteiger charge is 2.02. The Morgan fingerprint density at radius 2 is 2.19 bits per heavy atom. The Bertz CT molecular complexity index is 371. The average Bonchev–Trinajstić information content (AvgIpc) is 2.30. The number of nitrogens with one attached hydrogen (secondary N) is 2. The summed E-state index contributed by atoms with van der Waals surface area (Å²) in [4.78, 5) is 0. The first-order valence-corrected chi connectivity index (χ1v) is 5.42. The summed E-state index contributed by atoms with van der Waals surface area (Å²) in [5, 5.41) is 14.8. The van der Waals surface area contributed by atoms with Crippen LogP contribution in [0.5, 0.6) is 0 Å². The van der Waals surface area contributed by atoms with Gasteiger partial charge in [0.1, 0.15) is 5.82 Å². The molecule has 0 atom stereocenters. The second kappa shape index (κ2) is 6.81. The highest BCUT2D eigenvalue weighted by atomic mass is 19.1. The van der Waals surface area contributed by atoms with Crippen molar-refractivity contribution < 1.29 is 4.39 Å². The minimum Gasteiger partial charge on any atom is -0.383 e. The number of anilines is 1. The fraction of sp³-hybridized carbons (Fsp3) is 0.417. The van der Waals surface area contributed by atoms with Gasteiger partial charge in [-0.05, 0) is 37.7 Å². The topological polar surface area (TPSA) is 47.8 Å². The number of nitriles is 1. The number of halogens is 1. The summed E-state index contributed by atoms with van der Waals surface area (Å²) in [6.45, 7) is 4.64. The molecule has 0 aliphatic carbocycles. The lowest BCUT2D eigenvalue weighted by Crippen LogP contribution is -2.17. The van der Waals surface area contributed by atoms with Gasteiger partial charge in [-0.25, -0.2) is 4.39 Å². The predicted molar refractivity (Wildman–Crippen MR) is 62.8 cm³/mol. The summed E-state index contributed by atoms with van der Waals surface area (Å²) in [7, 11) is 0. The molecular formula is C12H16FN3. The molecule has 86 valence electrons. The maximum absolute atomic E-state index is 13.4. The molecule has 4 heteroatoms. The van der Waals surface area contributed by atoms with Crippen LogP contribution in [0, 0.1) is 17.1 Å². The van der Waals surface area contributed by atoms with Crippen molar-refractivity contribution in [1.82, 2.24) is 5.32 Å².